The van der Waals surface area contributed by atoms with Crippen LogP contribution >= 0.6 is 11.8 Å². The average Bonchev–Trinajstić information content (AvgIpc) is 2.70. The molecule has 0 bridgehead atoms. The molecule has 0 spiro atoms. The monoisotopic (exact) mass is 397 g/mol. The van der Waals surface area contributed by atoms with E-state index in [4.69, 9.17) is 4.74 Å². The average molecular weight is 398 g/mol. The molecule has 1 N–H and O–H groups in total. The number of thioether (sulfide) groups is 1. The highest BCUT2D eigenvalue weighted by Crippen LogP contribution is 2.23. The molecule has 0 aliphatic heterocycles. The van der Waals surface area contributed by atoms with E-state index in [1.54, 1.807) is 13.8 Å². The minimum Gasteiger partial charge on any atom is -0.462 e. The Kier molecular flexibility index (Phi) is 8.50. The molecule has 1 aromatic carbocycles. The number of nitrogens with one attached hydrogen (secondary N) is 1. The molecule has 0 fully saturated rings. The highest BCUT2D eigenvalue weighted by Gasteiger charge is 2.17. The molecule has 0 radical (unpaired) electrons. The summed E-state index contributed by atoms with van der Waals surface area (Å²) < 4.78 is 4.97. The fourth-order valence-electron chi connectivity index (χ4n) is 2.54. The topological polar surface area (TPSA) is 92.1 Å². The van der Waals surface area contributed by atoms with Gasteiger partial charge in [-0.05, 0) is 38.3 Å². The lowest BCUT2D eigenvalue weighted by Crippen LogP contribution is -2.26. The first-order chi connectivity index (χ1) is 13.5. The van der Waals surface area contributed by atoms with Crippen LogP contribution in [-0.4, -0.2) is 35.8 Å². The van der Waals surface area contributed by atoms with Gasteiger partial charge < -0.3 is 10.1 Å². The smallest absolute Gasteiger partial charge is 0.340 e. The number of nitrogens with zero attached hydrogens (tertiary/aromatic N) is 2. The molecular weight excluding hydrogens is 374 g/mol. The summed E-state index contributed by atoms with van der Waals surface area (Å²) in [4.78, 5) is 28.3. The third-order valence-electron chi connectivity index (χ3n) is 3.94. The molecule has 7 heteroatoms. The molecule has 0 aliphatic rings. The number of carbonyl (C=O) groups excluding carboxylic acids is 2. The van der Waals surface area contributed by atoms with Crippen molar-refractivity contribution in [3.05, 3.63) is 58.8 Å². The number of amides is 1. The normalized spacial score (nSPS) is 10.2. The molecule has 1 aromatic heterocycles. The third-order valence-corrected chi connectivity index (χ3v) is 4.93. The van der Waals surface area contributed by atoms with Gasteiger partial charge in [0.25, 0.3) is 0 Å². The van der Waals surface area contributed by atoms with Gasteiger partial charge in [0.05, 0.1) is 29.2 Å². The van der Waals surface area contributed by atoms with Crippen molar-refractivity contribution < 1.29 is 14.3 Å². The predicted octanol–water partition coefficient (Wildman–Crippen LogP) is 3.28. The van der Waals surface area contributed by atoms with Crippen molar-refractivity contribution in [1.82, 2.24) is 10.3 Å². The number of benzene rings is 1. The SMILES string of the molecule is CCOC(=O)c1cc(C#N)c(SCC(=O)NCCCc2ccccc2)nc1C. The molecule has 0 saturated carbocycles. The summed E-state index contributed by atoms with van der Waals surface area (Å²) in [6.07, 6.45) is 1.76. The number of rotatable bonds is 9. The first kappa shape index (κ1) is 21.5. The Bertz CT molecular complexity index is 863. The molecule has 28 heavy (non-hydrogen) atoms. The van der Waals surface area contributed by atoms with Crippen molar-refractivity contribution in [2.75, 3.05) is 18.9 Å². The zero-order valence-corrected chi connectivity index (χ0v) is 16.8. The second kappa shape index (κ2) is 11.1. The van der Waals surface area contributed by atoms with Gasteiger partial charge in [0, 0.05) is 6.54 Å². The van der Waals surface area contributed by atoms with Crippen LogP contribution in [0.5, 0.6) is 0 Å². The van der Waals surface area contributed by atoms with Crippen LogP contribution in [0.1, 0.15) is 40.5 Å². The number of hydrogen-bond acceptors (Lipinski definition) is 6. The maximum atomic E-state index is 12.1. The van der Waals surface area contributed by atoms with Gasteiger partial charge in [0.2, 0.25) is 5.91 Å². The van der Waals surface area contributed by atoms with Crippen molar-refractivity contribution in [3.8, 4) is 6.07 Å². The van der Waals surface area contributed by atoms with E-state index in [-0.39, 0.29) is 29.4 Å². The first-order valence-electron chi connectivity index (χ1n) is 9.07. The minimum absolute atomic E-state index is 0.115. The molecule has 1 amide bonds. The summed E-state index contributed by atoms with van der Waals surface area (Å²) in [7, 11) is 0. The van der Waals surface area contributed by atoms with E-state index in [0.29, 0.717) is 17.3 Å². The number of ether oxygens (including phenoxy) is 1. The Morgan fingerprint density at radius 2 is 2.04 bits per heavy atom. The van der Waals surface area contributed by atoms with Gasteiger partial charge in [-0.3, -0.25) is 4.79 Å². The maximum absolute atomic E-state index is 12.1. The van der Waals surface area contributed by atoms with Gasteiger partial charge in [0.1, 0.15) is 11.1 Å². The van der Waals surface area contributed by atoms with Gasteiger partial charge >= 0.3 is 5.97 Å². The molecule has 0 saturated heterocycles. The molecule has 2 rings (SSSR count). The van der Waals surface area contributed by atoms with Crippen LogP contribution in [0.3, 0.4) is 0 Å². The zero-order chi connectivity index (χ0) is 20.4. The largest absolute Gasteiger partial charge is 0.462 e. The lowest BCUT2D eigenvalue weighted by atomic mass is 10.1. The van der Waals surface area contributed by atoms with E-state index in [1.165, 1.54) is 23.4 Å². The third kappa shape index (κ3) is 6.39. The molecule has 0 aliphatic carbocycles. The van der Waals surface area contributed by atoms with Crippen molar-refractivity contribution in [2.24, 2.45) is 0 Å². The number of aryl methyl sites for hydroxylation is 2. The Labute approximate surface area is 169 Å². The second-order valence-electron chi connectivity index (χ2n) is 6.03. The number of nitriles is 1. The van der Waals surface area contributed by atoms with Crippen LogP contribution in [0, 0.1) is 18.3 Å². The standard InChI is InChI=1S/C21H23N3O3S/c1-3-27-21(26)18-12-17(13-22)20(24-15(18)2)28-14-19(25)23-11-7-10-16-8-5-4-6-9-16/h4-6,8-9,12H,3,7,10-11,14H2,1-2H3,(H,23,25). The Morgan fingerprint density at radius 3 is 2.71 bits per heavy atom. The van der Waals surface area contributed by atoms with Gasteiger partial charge in [-0.15, -0.1) is 0 Å². The van der Waals surface area contributed by atoms with Crippen molar-refractivity contribution >= 4 is 23.6 Å². The van der Waals surface area contributed by atoms with Crippen LogP contribution in [-0.2, 0) is 16.0 Å². The number of aromatic nitrogens is 1. The van der Waals surface area contributed by atoms with E-state index in [0.717, 1.165) is 12.8 Å². The quantitative estimate of drug-likeness (QED) is 0.397. The first-order valence-corrected chi connectivity index (χ1v) is 10.1. The highest BCUT2D eigenvalue weighted by molar-refractivity contribution is 8.00. The van der Waals surface area contributed by atoms with Crippen LogP contribution in [0.15, 0.2) is 41.4 Å². The number of carbonyl (C=O) groups is 2. The molecule has 146 valence electrons. The fourth-order valence-corrected chi connectivity index (χ4v) is 3.37. The molecule has 1 heterocycles. The van der Waals surface area contributed by atoms with Crippen molar-refractivity contribution in [1.29, 1.82) is 5.26 Å². The van der Waals surface area contributed by atoms with E-state index in [1.807, 2.05) is 24.3 Å². The molecular formula is C21H23N3O3S. The number of pyridine rings is 1. The Morgan fingerprint density at radius 1 is 1.29 bits per heavy atom. The molecule has 2 aromatic rings. The van der Waals surface area contributed by atoms with Crippen molar-refractivity contribution in [3.63, 3.8) is 0 Å². The van der Waals surface area contributed by atoms with Crippen LogP contribution in [0.2, 0.25) is 0 Å². The number of hydrogen-bond donors (Lipinski definition) is 1. The van der Waals surface area contributed by atoms with Crippen LogP contribution in [0.25, 0.3) is 0 Å². The summed E-state index contributed by atoms with van der Waals surface area (Å²) in [6.45, 7) is 4.24. The Hall–Kier alpha value is -2.85. The van der Waals surface area contributed by atoms with E-state index in [9.17, 15) is 14.9 Å². The van der Waals surface area contributed by atoms with Crippen LogP contribution < -0.4 is 5.32 Å². The van der Waals surface area contributed by atoms with E-state index >= 15 is 0 Å². The summed E-state index contributed by atoms with van der Waals surface area (Å²) in [5, 5.41) is 12.7. The van der Waals surface area contributed by atoms with Crippen LogP contribution in [0.4, 0.5) is 0 Å². The minimum atomic E-state index is -0.503. The number of esters is 1. The summed E-state index contributed by atoms with van der Waals surface area (Å²) in [5.41, 5.74) is 2.25. The van der Waals surface area contributed by atoms with Gasteiger partial charge in [-0.2, -0.15) is 5.26 Å². The molecule has 0 unspecified atom stereocenters. The summed E-state index contributed by atoms with van der Waals surface area (Å²) in [5.74, 6) is -0.460. The van der Waals surface area contributed by atoms with Crippen molar-refractivity contribution in [2.45, 2.75) is 31.7 Å². The lowest BCUT2D eigenvalue weighted by Gasteiger charge is -2.09. The second-order valence-corrected chi connectivity index (χ2v) is 7.00. The molecule has 0 atom stereocenters. The van der Waals surface area contributed by atoms with Gasteiger partial charge in [-0.1, -0.05) is 42.1 Å². The highest BCUT2D eigenvalue weighted by atomic mass is 32.2. The zero-order valence-electron chi connectivity index (χ0n) is 16.0. The summed E-state index contributed by atoms with van der Waals surface area (Å²) >= 11 is 1.18. The predicted molar refractivity (Wildman–Crippen MR) is 108 cm³/mol. The lowest BCUT2D eigenvalue weighted by molar-refractivity contribution is -0.118. The van der Waals surface area contributed by atoms with E-state index in [2.05, 4.69) is 22.4 Å². The fraction of sp³-hybridized carbons (Fsp3) is 0.333. The van der Waals surface area contributed by atoms with Gasteiger partial charge in [-0.25, -0.2) is 9.78 Å². The maximum Gasteiger partial charge on any atom is 0.340 e. The Balaban J connectivity index is 1.85. The summed E-state index contributed by atoms with van der Waals surface area (Å²) in [6, 6.07) is 13.6. The molecule has 6 nitrogen and oxygen atoms in total. The van der Waals surface area contributed by atoms with E-state index < -0.39 is 5.97 Å². The van der Waals surface area contributed by atoms with Gasteiger partial charge in [0.15, 0.2) is 0 Å².